The van der Waals surface area contributed by atoms with Crippen LogP contribution in [0.25, 0.3) is 22.4 Å². The normalized spacial score (nSPS) is 14.7. The molecule has 0 radical (unpaired) electrons. The van der Waals surface area contributed by atoms with Crippen molar-refractivity contribution in [1.82, 2.24) is 9.97 Å². The summed E-state index contributed by atoms with van der Waals surface area (Å²) in [5.74, 6) is 0.814. The zero-order valence-corrected chi connectivity index (χ0v) is 15.7. The van der Waals surface area contributed by atoms with Gasteiger partial charge in [0.1, 0.15) is 0 Å². The van der Waals surface area contributed by atoms with E-state index in [2.05, 4.69) is 59.7 Å². The van der Waals surface area contributed by atoms with E-state index in [-0.39, 0.29) is 0 Å². The Balaban J connectivity index is 1.77. The minimum absolute atomic E-state index is 0.814. The number of aromatic nitrogens is 2. The van der Waals surface area contributed by atoms with Crippen LogP contribution >= 0.6 is 0 Å². The van der Waals surface area contributed by atoms with E-state index in [1.165, 1.54) is 47.9 Å². The van der Waals surface area contributed by atoms with E-state index in [0.717, 1.165) is 29.4 Å². The Morgan fingerprint density at radius 2 is 1.58 bits per heavy atom. The number of hydrogen-bond acceptors (Lipinski definition) is 2. The van der Waals surface area contributed by atoms with Crippen molar-refractivity contribution in [2.75, 3.05) is 0 Å². The van der Waals surface area contributed by atoms with Crippen molar-refractivity contribution in [3.05, 3.63) is 71.7 Å². The van der Waals surface area contributed by atoms with E-state index in [4.69, 9.17) is 4.98 Å². The van der Waals surface area contributed by atoms with Crippen LogP contribution in [0.15, 0.2) is 54.7 Å². The Kier molecular flexibility index (Phi) is 4.83. The average molecular weight is 342 g/mol. The van der Waals surface area contributed by atoms with E-state index in [9.17, 15) is 0 Å². The van der Waals surface area contributed by atoms with Crippen molar-refractivity contribution < 1.29 is 0 Å². The Hall–Kier alpha value is -2.48. The Labute approximate surface area is 156 Å². The molecule has 132 valence electrons. The predicted octanol–water partition coefficient (Wildman–Crippen LogP) is 6.16. The first-order valence-electron chi connectivity index (χ1n) is 9.69. The van der Waals surface area contributed by atoms with Gasteiger partial charge in [-0.25, -0.2) is 0 Å². The third-order valence-corrected chi connectivity index (χ3v) is 5.44. The number of nitrogens with zero attached hydrogens (tertiary/aromatic N) is 2. The summed E-state index contributed by atoms with van der Waals surface area (Å²) >= 11 is 0. The summed E-state index contributed by atoms with van der Waals surface area (Å²) in [6.07, 6.45) is 8.71. The largest absolute Gasteiger partial charge is 0.258 e. The van der Waals surface area contributed by atoms with Crippen molar-refractivity contribution >= 4 is 0 Å². The van der Waals surface area contributed by atoms with Crippen LogP contribution < -0.4 is 0 Å². The molecule has 26 heavy (non-hydrogen) atoms. The van der Waals surface area contributed by atoms with E-state index in [1.54, 1.807) is 0 Å². The van der Waals surface area contributed by atoms with Gasteiger partial charge in [-0.15, -0.1) is 0 Å². The Morgan fingerprint density at radius 3 is 2.27 bits per heavy atom. The van der Waals surface area contributed by atoms with Gasteiger partial charge in [0.2, 0.25) is 0 Å². The van der Waals surface area contributed by atoms with Gasteiger partial charge in [-0.05, 0) is 55.5 Å². The summed E-state index contributed by atoms with van der Waals surface area (Å²) in [5, 5.41) is 0. The minimum Gasteiger partial charge on any atom is -0.258 e. The molecule has 1 aliphatic carbocycles. The third kappa shape index (κ3) is 3.70. The lowest BCUT2D eigenvalue weighted by Crippen LogP contribution is -2.02. The summed E-state index contributed by atoms with van der Waals surface area (Å²) in [4.78, 5) is 9.32. The van der Waals surface area contributed by atoms with Crippen LogP contribution in [-0.2, 0) is 6.42 Å². The molecule has 1 aliphatic rings. The van der Waals surface area contributed by atoms with Gasteiger partial charge in [-0.2, -0.15) is 0 Å². The molecule has 0 saturated heterocycles. The average Bonchev–Trinajstić information content (AvgIpc) is 3.15. The first-order valence-corrected chi connectivity index (χ1v) is 9.69. The zero-order valence-electron chi connectivity index (χ0n) is 15.7. The third-order valence-electron chi connectivity index (χ3n) is 5.44. The second kappa shape index (κ2) is 7.41. The van der Waals surface area contributed by atoms with Gasteiger partial charge in [-0.1, -0.05) is 56.0 Å². The molecular weight excluding hydrogens is 316 g/mol. The summed E-state index contributed by atoms with van der Waals surface area (Å²) in [6.45, 7) is 4.10. The number of rotatable bonds is 4. The molecule has 0 amide bonds. The summed E-state index contributed by atoms with van der Waals surface area (Å²) < 4.78 is 0. The fourth-order valence-electron chi connectivity index (χ4n) is 4.21. The first kappa shape index (κ1) is 17.0. The van der Waals surface area contributed by atoms with Crippen LogP contribution in [-0.4, -0.2) is 9.97 Å². The highest BCUT2D eigenvalue weighted by molar-refractivity contribution is 5.71. The van der Waals surface area contributed by atoms with Crippen LogP contribution in [0.1, 0.15) is 42.6 Å². The SMILES string of the molecule is Cc1cc(-c2cc(CC3CCCC3)c(-c3ccccc3)cn2)cc(C)n1. The molecule has 1 saturated carbocycles. The van der Waals surface area contributed by atoms with Crippen molar-refractivity contribution in [2.45, 2.75) is 46.0 Å². The number of hydrogen-bond donors (Lipinski definition) is 0. The fourth-order valence-corrected chi connectivity index (χ4v) is 4.21. The van der Waals surface area contributed by atoms with E-state index in [0.29, 0.717) is 0 Å². The first-order chi connectivity index (χ1) is 12.7. The highest BCUT2D eigenvalue weighted by Gasteiger charge is 2.18. The molecular formula is C24H26N2. The molecule has 4 rings (SSSR count). The summed E-state index contributed by atoms with van der Waals surface area (Å²) in [6, 6.07) is 17.3. The molecule has 2 heteroatoms. The fraction of sp³-hybridized carbons (Fsp3) is 0.333. The lowest BCUT2D eigenvalue weighted by Gasteiger charge is -2.15. The van der Waals surface area contributed by atoms with Crippen LogP contribution in [0.5, 0.6) is 0 Å². The lowest BCUT2D eigenvalue weighted by atomic mass is 9.91. The summed E-state index contributed by atoms with van der Waals surface area (Å²) in [7, 11) is 0. The number of pyridine rings is 2. The van der Waals surface area contributed by atoms with Gasteiger partial charge in [0, 0.05) is 28.7 Å². The molecule has 0 unspecified atom stereocenters. The van der Waals surface area contributed by atoms with Crippen molar-refractivity contribution in [3.8, 4) is 22.4 Å². The minimum atomic E-state index is 0.814. The quantitative estimate of drug-likeness (QED) is 0.567. The molecule has 3 aromatic rings. The Morgan fingerprint density at radius 1 is 0.885 bits per heavy atom. The van der Waals surface area contributed by atoms with E-state index < -0.39 is 0 Å². The Bertz CT molecular complexity index is 873. The number of aryl methyl sites for hydroxylation is 2. The van der Waals surface area contributed by atoms with Crippen LogP contribution in [0.2, 0.25) is 0 Å². The van der Waals surface area contributed by atoms with Gasteiger partial charge in [-0.3, -0.25) is 9.97 Å². The van der Waals surface area contributed by atoms with Gasteiger partial charge < -0.3 is 0 Å². The second-order valence-electron chi connectivity index (χ2n) is 7.59. The molecule has 1 fully saturated rings. The number of benzene rings is 1. The van der Waals surface area contributed by atoms with Crippen molar-refractivity contribution in [2.24, 2.45) is 5.92 Å². The molecule has 2 heterocycles. The molecule has 0 aliphatic heterocycles. The maximum atomic E-state index is 4.81. The smallest absolute Gasteiger partial charge is 0.0706 e. The van der Waals surface area contributed by atoms with Gasteiger partial charge in [0.15, 0.2) is 0 Å². The standard InChI is InChI=1S/C24H26N2/c1-17-12-22(13-18(2)26-17)24-15-21(14-19-8-6-7-9-19)23(16-25-24)20-10-4-3-5-11-20/h3-5,10-13,15-16,19H,6-9,14H2,1-2H3. The zero-order chi connectivity index (χ0) is 17.9. The maximum absolute atomic E-state index is 4.81. The topological polar surface area (TPSA) is 25.8 Å². The van der Waals surface area contributed by atoms with Crippen molar-refractivity contribution in [1.29, 1.82) is 0 Å². The molecule has 0 spiro atoms. The van der Waals surface area contributed by atoms with E-state index in [1.807, 2.05) is 13.8 Å². The lowest BCUT2D eigenvalue weighted by molar-refractivity contribution is 0.547. The van der Waals surface area contributed by atoms with Gasteiger partial charge >= 0.3 is 0 Å². The van der Waals surface area contributed by atoms with Gasteiger partial charge in [0.25, 0.3) is 0 Å². The summed E-state index contributed by atoms with van der Waals surface area (Å²) in [5.41, 5.74) is 8.30. The van der Waals surface area contributed by atoms with Gasteiger partial charge in [0.05, 0.1) is 5.69 Å². The van der Waals surface area contributed by atoms with E-state index >= 15 is 0 Å². The highest BCUT2D eigenvalue weighted by atomic mass is 14.7. The molecule has 0 atom stereocenters. The second-order valence-corrected chi connectivity index (χ2v) is 7.59. The molecule has 2 aromatic heterocycles. The van der Waals surface area contributed by atoms with Crippen LogP contribution in [0.3, 0.4) is 0 Å². The predicted molar refractivity (Wildman–Crippen MR) is 108 cm³/mol. The molecule has 1 aromatic carbocycles. The molecule has 0 bridgehead atoms. The maximum Gasteiger partial charge on any atom is 0.0706 e. The molecule has 2 nitrogen and oxygen atoms in total. The monoisotopic (exact) mass is 342 g/mol. The van der Waals surface area contributed by atoms with Crippen molar-refractivity contribution in [3.63, 3.8) is 0 Å². The highest BCUT2D eigenvalue weighted by Crippen LogP contribution is 2.33. The van der Waals surface area contributed by atoms with Crippen LogP contribution in [0, 0.1) is 19.8 Å². The molecule has 0 N–H and O–H groups in total. The van der Waals surface area contributed by atoms with Crippen LogP contribution in [0.4, 0.5) is 0 Å².